The Morgan fingerprint density at radius 2 is 1.48 bits per heavy atom. The van der Waals surface area contributed by atoms with Gasteiger partial charge in [0, 0.05) is 12.8 Å². The molecule has 0 saturated heterocycles. The first kappa shape index (κ1) is 25.8. The lowest BCUT2D eigenvalue weighted by molar-refractivity contribution is -0.145. The fraction of sp³-hybridized carbons (Fsp3) is 0.333. The molecule has 0 bridgehead atoms. The van der Waals surface area contributed by atoms with Gasteiger partial charge in [-0.1, -0.05) is 6.07 Å². The van der Waals surface area contributed by atoms with Crippen LogP contribution in [0.3, 0.4) is 0 Å². The van der Waals surface area contributed by atoms with Gasteiger partial charge in [0.25, 0.3) is 0 Å². The molecule has 0 aromatic heterocycles. The number of nitrogens with one attached hydrogen (secondary N) is 1. The highest BCUT2D eigenvalue weighted by atomic mass is 19.4. The monoisotopic (exact) mass is 479 g/mol. The molecule has 0 radical (unpaired) electrons. The van der Waals surface area contributed by atoms with Crippen LogP contribution in [-0.2, 0) is 39.5 Å². The highest BCUT2D eigenvalue weighted by Gasteiger charge is 2.36. The van der Waals surface area contributed by atoms with Gasteiger partial charge in [-0.2, -0.15) is 26.3 Å². The Kier molecular flexibility index (Phi) is 7.83. The number of methoxy groups -OCH3 is 1. The van der Waals surface area contributed by atoms with Crippen molar-refractivity contribution in [2.24, 2.45) is 0 Å². The van der Waals surface area contributed by atoms with Gasteiger partial charge in [-0.15, -0.1) is 0 Å². The number of hydrogen-bond donors (Lipinski definition) is 3. The van der Waals surface area contributed by atoms with Crippen LogP contribution in [-0.4, -0.2) is 35.2 Å². The summed E-state index contributed by atoms with van der Waals surface area (Å²) in [4.78, 5) is 24.3. The Labute approximate surface area is 183 Å². The summed E-state index contributed by atoms with van der Waals surface area (Å²) in [6.45, 7) is 0. The zero-order valence-electron chi connectivity index (χ0n) is 17.0. The summed E-state index contributed by atoms with van der Waals surface area (Å²) in [6, 6.07) is 3.48. The number of carbonyl (C=O) groups is 2. The first-order valence-corrected chi connectivity index (χ1v) is 9.37. The van der Waals surface area contributed by atoms with E-state index in [1.54, 1.807) is 0 Å². The van der Waals surface area contributed by atoms with Crippen molar-refractivity contribution >= 4 is 11.9 Å². The molecule has 0 aliphatic rings. The van der Waals surface area contributed by atoms with Gasteiger partial charge < -0.3 is 20.3 Å². The van der Waals surface area contributed by atoms with Crippen molar-refractivity contribution in [3.63, 3.8) is 0 Å². The van der Waals surface area contributed by atoms with Gasteiger partial charge >= 0.3 is 18.3 Å². The number of aromatic hydroxyl groups is 2. The Morgan fingerprint density at radius 3 is 1.97 bits per heavy atom. The molecule has 180 valence electrons. The molecule has 1 amide bonds. The molecule has 3 N–H and O–H groups in total. The second-order valence-electron chi connectivity index (χ2n) is 7.08. The van der Waals surface area contributed by atoms with Crippen LogP contribution in [0.5, 0.6) is 11.5 Å². The number of esters is 1. The molecule has 1 atom stereocenters. The van der Waals surface area contributed by atoms with Crippen LogP contribution >= 0.6 is 0 Å². The lowest BCUT2D eigenvalue weighted by Crippen LogP contribution is -2.43. The number of halogens is 6. The van der Waals surface area contributed by atoms with Crippen molar-refractivity contribution in [1.82, 2.24) is 5.32 Å². The fourth-order valence-electron chi connectivity index (χ4n) is 2.96. The normalized spacial score (nSPS) is 12.8. The van der Waals surface area contributed by atoms with E-state index in [1.807, 2.05) is 0 Å². The molecule has 0 spiro atoms. The maximum absolute atomic E-state index is 13.0. The topological polar surface area (TPSA) is 95.9 Å². The van der Waals surface area contributed by atoms with E-state index in [2.05, 4.69) is 10.1 Å². The average molecular weight is 479 g/mol. The Morgan fingerprint density at radius 1 is 0.909 bits per heavy atom. The van der Waals surface area contributed by atoms with Gasteiger partial charge in [0.05, 0.1) is 18.2 Å². The minimum Gasteiger partial charge on any atom is -0.504 e. The van der Waals surface area contributed by atoms with Gasteiger partial charge in [0.15, 0.2) is 11.5 Å². The molecule has 2 aromatic rings. The molecule has 0 fully saturated rings. The first-order valence-electron chi connectivity index (χ1n) is 9.37. The van der Waals surface area contributed by atoms with Crippen LogP contribution in [0.2, 0.25) is 0 Å². The van der Waals surface area contributed by atoms with Crippen LogP contribution in [0.25, 0.3) is 0 Å². The van der Waals surface area contributed by atoms with Crippen LogP contribution in [0.1, 0.15) is 28.7 Å². The van der Waals surface area contributed by atoms with E-state index < -0.39 is 65.7 Å². The molecule has 6 nitrogen and oxygen atoms in total. The quantitative estimate of drug-likeness (QED) is 0.317. The van der Waals surface area contributed by atoms with Crippen molar-refractivity contribution in [2.45, 2.75) is 37.7 Å². The molecule has 0 heterocycles. The van der Waals surface area contributed by atoms with E-state index in [0.717, 1.165) is 19.2 Å². The van der Waals surface area contributed by atoms with Crippen molar-refractivity contribution in [2.75, 3.05) is 7.11 Å². The molecule has 0 aliphatic carbocycles. The van der Waals surface area contributed by atoms with Crippen LogP contribution < -0.4 is 5.32 Å². The highest BCUT2D eigenvalue weighted by Crippen LogP contribution is 2.36. The molecule has 2 rings (SSSR count). The van der Waals surface area contributed by atoms with E-state index in [0.29, 0.717) is 17.7 Å². The minimum absolute atomic E-state index is 0.00999. The van der Waals surface area contributed by atoms with Gasteiger partial charge in [0.2, 0.25) is 5.91 Å². The molecule has 2 aromatic carbocycles. The van der Waals surface area contributed by atoms with Crippen LogP contribution in [0, 0.1) is 0 Å². The standard InChI is InChI=1S/C21H19F6NO5/c1-33-19(32)15(8-12-2-4-16(29)17(30)9-12)28-18(31)5-3-11-6-13(20(22,23)24)10-14(7-11)21(25,26)27/h2,4,6-7,9-10,15,29-30H,3,5,8H2,1H3,(H,28,31)/t15-/m0/s1. The molecular formula is C21H19F6NO5. The summed E-state index contributed by atoms with van der Waals surface area (Å²) in [5, 5.41) is 21.2. The van der Waals surface area contributed by atoms with Gasteiger partial charge in [-0.05, 0) is 47.9 Å². The van der Waals surface area contributed by atoms with Crippen molar-refractivity contribution in [3.05, 3.63) is 58.7 Å². The maximum atomic E-state index is 13.0. The SMILES string of the molecule is COC(=O)[C@H](Cc1ccc(O)c(O)c1)NC(=O)CCc1cc(C(F)(F)F)cc(C(F)(F)F)c1. The van der Waals surface area contributed by atoms with E-state index in [4.69, 9.17) is 0 Å². The number of carbonyl (C=O) groups excluding carboxylic acids is 2. The minimum atomic E-state index is -5.01. The second kappa shape index (κ2) is 10.0. The predicted octanol–water partition coefficient (Wildman–Crippen LogP) is 3.97. The van der Waals surface area contributed by atoms with Gasteiger partial charge in [-0.3, -0.25) is 4.79 Å². The molecule has 0 saturated carbocycles. The molecule has 0 aliphatic heterocycles. The number of aryl methyl sites for hydroxylation is 1. The second-order valence-corrected chi connectivity index (χ2v) is 7.08. The number of phenolic OH excluding ortho intramolecular Hbond substituents is 2. The van der Waals surface area contributed by atoms with Crippen LogP contribution in [0.15, 0.2) is 36.4 Å². The number of amides is 1. The van der Waals surface area contributed by atoms with E-state index in [9.17, 15) is 46.1 Å². The summed E-state index contributed by atoms with van der Waals surface area (Å²) in [6.07, 6.45) is -11.1. The smallest absolute Gasteiger partial charge is 0.416 e. The third-order valence-corrected chi connectivity index (χ3v) is 4.59. The Balaban J connectivity index is 2.14. The first-order chi connectivity index (χ1) is 15.2. The number of rotatable bonds is 7. The summed E-state index contributed by atoms with van der Waals surface area (Å²) >= 11 is 0. The van der Waals surface area contributed by atoms with Crippen molar-refractivity contribution in [1.29, 1.82) is 0 Å². The molecular weight excluding hydrogens is 460 g/mol. The lowest BCUT2D eigenvalue weighted by atomic mass is 10.0. The zero-order valence-corrected chi connectivity index (χ0v) is 17.0. The van der Waals surface area contributed by atoms with Crippen molar-refractivity contribution in [3.8, 4) is 11.5 Å². The number of alkyl halides is 6. The fourth-order valence-corrected chi connectivity index (χ4v) is 2.96. The summed E-state index contributed by atoms with van der Waals surface area (Å²) in [7, 11) is 1.05. The number of benzene rings is 2. The molecule has 0 unspecified atom stereocenters. The number of phenols is 2. The van der Waals surface area contributed by atoms with E-state index in [-0.39, 0.29) is 18.1 Å². The zero-order chi connectivity index (χ0) is 25.0. The van der Waals surface area contributed by atoms with E-state index >= 15 is 0 Å². The third kappa shape index (κ3) is 7.29. The number of ether oxygens (including phenoxy) is 1. The lowest BCUT2D eigenvalue weighted by Gasteiger charge is -2.17. The summed E-state index contributed by atoms with van der Waals surface area (Å²) in [5.41, 5.74) is -3.00. The predicted molar refractivity (Wildman–Crippen MR) is 102 cm³/mol. The van der Waals surface area contributed by atoms with Crippen LogP contribution in [0.4, 0.5) is 26.3 Å². The van der Waals surface area contributed by atoms with Gasteiger partial charge in [0.1, 0.15) is 6.04 Å². The molecule has 12 heteroatoms. The van der Waals surface area contributed by atoms with Crippen molar-refractivity contribution < 1.29 is 50.9 Å². The maximum Gasteiger partial charge on any atom is 0.416 e. The molecule has 33 heavy (non-hydrogen) atoms. The third-order valence-electron chi connectivity index (χ3n) is 4.59. The Bertz CT molecular complexity index is 987. The highest BCUT2D eigenvalue weighted by molar-refractivity contribution is 5.84. The Hall–Kier alpha value is -3.44. The average Bonchev–Trinajstić information content (AvgIpc) is 2.72. The largest absolute Gasteiger partial charge is 0.504 e. The summed E-state index contributed by atoms with van der Waals surface area (Å²) in [5.74, 6) is -2.56. The number of hydrogen-bond acceptors (Lipinski definition) is 5. The summed E-state index contributed by atoms with van der Waals surface area (Å²) < 4.78 is 82.4. The van der Waals surface area contributed by atoms with E-state index in [1.165, 1.54) is 6.07 Å². The van der Waals surface area contributed by atoms with Gasteiger partial charge in [-0.25, -0.2) is 4.79 Å².